The number of hydrogen-bond acceptors (Lipinski definition) is 5. The van der Waals surface area contributed by atoms with E-state index in [1.165, 1.54) is 0 Å². The lowest BCUT2D eigenvalue weighted by Crippen LogP contribution is -2.50. The number of carbonyl (C=O) groups excluding carboxylic acids is 2. The summed E-state index contributed by atoms with van der Waals surface area (Å²) < 4.78 is 6.99. The van der Waals surface area contributed by atoms with Gasteiger partial charge in [-0.05, 0) is 44.0 Å². The summed E-state index contributed by atoms with van der Waals surface area (Å²) in [5.74, 6) is 1.05. The SMILES string of the molecule is COc1cccc(C(=O)N2CCN(C(=O)c3cc(C4CC4)nc4c3c(C)nn4C)CC2)c1. The van der Waals surface area contributed by atoms with Crippen LogP contribution in [0.1, 0.15) is 50.9 Å². The van der Waals surface area contributed by atoms with Crippen LogP contribution in [-0.4, -0.2) is 69.7 Å². The lowest BCUT2D eigenvalue weighted by atomic mass is 10.1. The fourth-order valence-corrected chi connectivity index (χ4v) is 4.44. The van der Waals surface area contributed by atoms with E-state index in [0.717, 1.165) is 35.3 Å². The summed E-state index contributed by atoms with van der Waals surface area (Å²) in [6.07, 6.45) is 2.24. The van der Waals surface area contributed by atoms with Crippen LogP contribution in [0.25, 0.3) is 11.0 Å². The summed E-state index contributed by atoms with van der Waals surface area (Å²) in [6, 6.07) is 9.14. The van der Waals surface area contributed by atoms with E-state index < -0.39 is 0 Å². The zero-order valence-corrected chi connectivity index (χ0v) is 18.7. The Morgan fingerprint density at radius 3 is 2.38 bits per heavy atom. The van der Waals surface area contributed by atoms with Gasteiger partial charge < -0.3 is 14.5 Å². The summed E-state index contributed by atoms with van der Waals surface area (Å²) in [5, 5.41) is 5.33. The van der Waals surface area contributed by atoms with Crippen molar-refractivity contribution >= 4 is 22.8 Å². The molecule has 1 aromatic carbocycles. The van der Waals surface area contributed by atoms with Crippen LogP contribution in [0.15, 0.2) is 30.3 Å². The number of benzene rings is 1. The summed E-state index contributed by atoms with van der Waals surface area (Å²) in [6.45, 7) is 3.91. The Bertz CT molecular complexity index is 1210. The van der Waals surface area contributed by atoms with E-state index in [1.54, 1.807) is 28.8 Å². The normalized spacial score (nSPS) is 16.5. The first-order chi connectivity index (χ1) is 15.5. The largest absolute Gasteiger partial charge is 0.497 e. The van der Waals surface area contributed by atoms with Crippen molar-refractivity contribution in [1.29, 1.82) is 0 Å². The lowest BCUT2D eigenvalue weighted by Gasteiger charge is -2.35. The first-order valence-electron chi connectivity index (χ1n) is 11.0. The van der Waals surface area contributed by atoms with Crippen LogP contribution < -0.4 is 4.74 Å². The molecule has 1 saturated heterocycles. The van der Waals surface area contributed by atoms with Crippen LogP contribution in [0.2, 0.25) is 0 Å². The molecule has 8 nitrogen and oxygen atoms in total. The van der Waals surface area contributed by atoms with E-state index in [9.17, 15) is 9.59 Å². The Balaban J connectivity index is 1.36. The maximum atomic E-state index is 13.5. The van der Waals surface area contributed by atoms with Crippen LogP contribution >= 0.6 is 0 Å². The van der Waals surface area contributed by atoms with Gasteiger partial charge in [-0.2, -0.15) is 5.10 Å². The van der Waals surface area contributed by atoms with Gasteiger partial charge in [-0.25, -0.2) is 4.98 Å². The van der Waals surface area contributed by atoms with Crippen molar-refractivity contribution in [2.24, 2.45) is 7.05 Å². The second-order valence-electron chi connectivity index (χ2n) is 8.59. The highest BCUT2D eigenvalue weighted by Crippen LogP contribution is 2.40. The minimum absolute atomic E-state index is 0.0103. The van der Waals surface area contributed by atoms with Gasteiger partial charge in [0.25, 0.3) is 11.8 Å². The second kappa shape index (κ2) is 7.93. The summed E-state index contributed by atoms with van der Waals surface area (Å²) >= 11 is 0. The molecule has 0 radical (unpaired) electrons. The van der Waals surface area contributed by atoms with Gasteiger partial charge >= 0.3 is 0 Å². The number of rotatable bonds is 4. The van der Waals surface area contributed by atoms with Gasteiger partial charge in [-0.3, -0.25) is 14.3 Å². The molecule has 166 valence electrons. The van der Waals surface area contributed by atoms with Gasteiger partial charge in [-0.1, -0.05) is 6.07 Å². The number of piperazine rings is 1. The first kappa shape index (κ1) is 20.5. The van der Waals surface area contributed by atoms with Crippen molar-refractivity contribution in [2.45, 2.75) is 25.7 Å². The van der Waals surface area contributed by atoms with E-state index in [0.29, 0.717) is 49.0 Å². The van der Waals surface area contributed by atoms with Crippen LogP contribution in [0.4, 0.5) is 0 Å². The summed E-state index contributed by atoms with van der Waals surface area (Å²) in [5.41, 5.74) is 3.83. The van der Waals surface area contributed by atoms with Crippen LogP contribution in [-0.2, 0) is 7.05 Å². The van der Waals surface area contributed by atoms with Crippen molar-refractivity contribution in [3.05, 3.63) is 52.8 Å². The third-order valence-corrected chi connectivity index (χ3v) is 6.39. The molecule has 3 aromatic rings. The third-order valence-electron chi connectivity index (χ3n) is 6.39. The molecule has 1 aliphatic heterocycles. The number of methoxy groups -OCH3 is 1. The number of nitrogens with zero attached hydrogens (tertiary/aromatic N) is 5. The number of fused-ring (bicyclic) bond motifs is 1. The first-order valence-corrected chi connectivity index (χ1v) is 11.0. The third kappa shape index (κ3) is 3.59. The van der Waals surface area contributed by atoms with Gasteiger partial charge in [-0.15, -0.1) is 0 Å². The zero-order chi connectivity index (χ0) is 22.4. The van der Waals surface area contributed by atoms with Crippen molar-refractivity contribution in [1.82, 2.24) is 24.6 Å². The number of aromatic nitrogens is 3. The number of pyridine rings is 1. The van der Waals surface area contributed by atoms with Gasteiger partial charge in [0.15, 0.2) is 5.65 Å². The topological polar surface area (TPSA) is 80.6 Å². The van der Waals surface area contributed by atoms with E-state index in [1.807, 2.05) is 37.1 Å². The van der Waals surface area contributed by atoms with Gasteiger partial charge in [0.2, 0.25) is 0 Å². The molecule has 2 amide bonds. The predicted octanol–water partition coefficient (Wildman–Crippen LogP) is 2.76. The van der Waals surface area contributed by atoms with E-state index in [2.05, 4.69) is 5.10 Å². The average Bonchev–Trinajstić information content (AvgIpc) is 3.63. The maximum absolute atomic E-state index is 13.5. The minimum atomic E-state index is -0.0403. The monoisotopic (exact) mass is 433 g/mol. The van der Waals surface area contributed by atoms with Crippen LogP contribution in [0.3, 0.4) is 0 Å². The van der Waals surface area contributed by atoms with Crippen LogP contribution in [0.5, 0.6) is 5.75 Å². The number of aryl methyl sites for hydroxylation is 2. The van der Waals surface area contributed by atoms with Crippen molar-refractivity contribution in [3.63, 3.8) is 0 Å². The fraction of sp³-hybridized carbons (Fsp3) is 0.417. The summed E-state index contributed by atoms with van der Waals surface area (Å²) in [4.78, 5) is 34.9. The Labute approximate surface area is 186 Å². The van der Waals surface area contributed by atoms with E-state index in [4.69, 9.17) is 9.72 Å². The Morgan fingerprint density at radius 1 is 1.03 bits per heavy atom. The minimum Gasteiger partial charge on any atom is -0.497 e. The molecule has 32 heavy (non-hydrogen) atoms. The molecular weight excluding hydrogens is 406 g/mol. The molecule has 1 saturated carbocycles. The van der Waals surface area contributed by atoms with Gasteiger partial charge in [0, 0.05) is 50.4 Å². The molecule has 0 N–H and O–H groups in total. The lowest BCUT2D eigenvalue weighted by molar-refractivity contribution is 0.0536. The number of ether oxygens (including phenoxy) is 1. The Morgan fingerprint density at radius 2 is 1.72 bits per heavy atom. The molecule has 5 rings (SSSR count). The second-order valence-corrected chi connectivity index (χ2v) is 8.59. The van der Waals surface area contributed by atoms with E-state index >= 15 is 0 Å². The number of hydrogen-bond donors (Lipinski definition) is 0. The standard InChI is InChI=1S/C24H27N5O3/c1-15-21-19(14-20(16-7-8-16)25-22(21)27(2)26-15)24(31)29-11-9-28(10-12-29)23(30)17-5-4-6-18(13-17)32-3/h4-6,13-14,16H,7-12H2,1-3H3. The highest BCUT2D eigenvalue weighted by atomic mass is 16.5. The molecule has 2 aromatic heterocycles. The van der Waals surface area contributed by atoms with E-state index in [-0.39, 0.29) is 11.8 Å². The fourth-order valence-electron chi connectivity index (χ4n) is 4.44. The molecule has 2 aliphatic rings. The molecule has 1 aliphatic carbocycles. The quantitative estimate of drug-likeness (QED) is 0.632. The smallest absolute Gasteiger partial charge is 0.254 e. The molecule has 2 fully saturated rings. The number of amides is 2. The maximum Gasteiger partial charge on any atom is 0.254 e. The molecule has 0 atom stereocenters. The average molecular weight is 434 g/mol. The van der Waals surface area contributed by atoms with Crippen molar-refractivity contribution in [3.8, 4) is 5.75 Å². The molecule has 0 unspecified atom stereocenters. The molecule has 3 heterocycles. The molecule has 8 heteroatoms. The molecular formula is C24H27N5O3. The molecule has 0 spiro atoms. The van der Waals surface area contributed by atoms with Gasteiger partial charge in [0.1, 0.15) is 5.75 Å². The van der Waals surface area contributed by atoms with Crippen molar-refractivity contribution in [2.75, 3.05) is 33.3 Å². The Hall–Kier alpha value is -3.42. The zero-order valence-electron chi connectivity index (χ0n) is 18.7. The van der Waals surface area contributed by atoms with Crippen LogP contribution in [0, 0.1) is 6.92 Å². The predicted molar refractivity (Wildman–Crippen MR) is 120 cm³/mol. The Kier molecular flexibility index (Phi) is 5.07. The highest BCUT2D eigenvalue weighted by Gasteiger charge is 2.31. The van der Waals surface area contributed by atoms with Gasteiger partial charge in [0.05, 0.1) is 23.8 Å². The molecule has 0 bridgehead atoms. The highest BCUT2D eigenvalue weighted by molar-refractivity contribution is 6.06. The van der Waals surface area contributed by atoms with Crippen molar-refractivity contribution < 1.29 is 14.3 Å². The number of carbonyl (C=O) groups is 2. The summed E-state index contributed by atoms with van der Waals surface area (Å²) in [7, 11) is 3.46.